The average molecular weight is 310 g/mol. The summed E-state index contributed by atoms with van der Waals surface area (Å²) < 4.78 is 40.4. The average Bonchev–Trinajstić information content (AvgIpc) is 2.35. The van der Waals surface area contributed by atoms with Gasteiger partial charge in [-0.3, -0.25) is 9.64 Å². The van der Waals surface area contributed by atoms with Crippen LogP contribution >= 0.6 is 0 Å². The summed E-state index contributed by atoms with van der Waals surface area (Å²) in [7, 11) is 0. The molecule has 1 aliphatic rings. The first-order valence-electron chi connectivity index (χ1n) is 7.72. The maximum Gasteiger partial charge on any atom is 0.522 e. The second kappa shape index (κ2) is 7.29. The largest absolute Gasteiger partial charge is 0.522 e. The van der Waals surface area contributed by atoms with Crippen molar-refractivity contribution in [2.45, 2.75) is 59.5 Å². The fourth-order valence-corrected chi connectivity index (χ4v) is 2.78. The molecular weight excluding hydrogens is 281 g/mol. The van der Waals surface area contributed by atoms with Crippen molar-refractivity contribution in [2.24, 2.45) is 11.3 Å². The highest BCUT2D eigenvalue weighted by molar-refractivity contribution is 4.93. The quantitative estimate of drug-likeness (QED) is 0.843. The molecule has 1 saturated heterocycles. The van der Waals surface area contributed by atoms with Crippen LogP contribution < -0.4 is 5.32 Å². The highest BCUT2D eigenvalue weighted by Crippen LogP contribution is 2.26. The standard InChI is InChI=1S/C15H29F3N2O/c1-6-11(2)12-9-19-13(14(3,4)5)10-20(12)7-8-21-15(16,17)18/h11-13,19H,6-10H2,1-5H3. The van der Waals surface area contributed by atoms with Gasteiger partial charge in [0.1, 0.15) is 0 Å². The second-order valence-electron chi connectivity index (χ2n) is 7.07. The summed E-state index contributed by atoms with van der Waals surface area (Å²) in [6.07, 6.45) is -3.52. The summed E-state index contributed by atoms with van der Waals surface area (Å²) >= 11 is 0. The molecule has 1 rings (SSSR count). The minimum atomic E-state index is -4.54. The van der Waals surface area contributed by atoms with Gasteiger partial charge in [-0.05, 0) is 11.3 Å². The van der Waals surface area contributed by atoms with Gasteiger partial charge in [0, 0.05) is 31.7 Å². The lowest BCUT2D eigenvalue weighted by Crippen LogP contribution is -2.62. The summed E-state index contributed by atoms with van der Waals surface area (Å²) in [5.41, 5.74) is 0.0869. The van der Waals surface area contributed by atoms with Gasteiger partial charge in [-0.15, -0.1) is 13.2 Å². The molecule has 126 valence electrons. The van der Waals surface area contributed by atoms with Crippen LogP contribution in [0.5, 0.6) is 0 Å². The number of nitrogens with zero attached hydrogens (tertiary/aromatic N) is 1. The van der Waals surface area contributed by atoms with Gasteiger partial charge in [0.05, 0.1) is 6.61 Å². The Hall–Kier alpha value is -0.330. The van der Waals surface area contributed by atoms with Crippen molar-refractivity contribution >= 4 is 0 Å². The Balaban J connectivity index is 2.65. The molecule has 21 heavy (non-hydrogen) atoms. The fourth-order valence-electron chi connectivity index (χ4n) is 2.78. The highest BCUT2D eigenvalue weighted by Gasteiger charge is 2.36. The van der Waals surface area contributed by atoms with Crippen LogP contribution in [-0.4, -0.2) is 49.6 Å². The van der Waals surface area contributed by atoms with Gasteiger partial charge < -0.3 is 5.32 Å². The summed E-state index contributed by atoms with van der Waals surface area (Å²) in [4.78, 5) is 2.16. The molecule has 1 fully saturated rings. The van der Waals surface area contributed by atoms with E-state index in [0.29, 0.717) is 12.5 Å². The molecule has 0 aromatic carbocycles. The molecule has 0 aliphatic carbocycles. The van der Waals surface area contributed by atoms with Gasteiger partial charge in [-0.2, -0.15) is 0 Å². The first kappa shape index (κ1) is 18.7. The number of hydrogen-bond donors (Lipinski definition) is 1. The minimum Gasteiger partial charge on any atom is -0.311 e. The third-order valence-electron chi connectivity index (χ3n) is 4.45. The Bertz CT molecular complexity index is 315. The van der Waals surface area contributed by atoms with Crippen molar-refractivity contribution < 1.29 is 17.9 Å². The lowest BCUT2D eigenvalue weighted by Gasteiger charge is -2.47. The summed E-state index contributed by atoms with van der Waals surface area (Å²) in [5, 5.41) is 3.56. The van der Waals surface area contributed by atoms with E-state index < -0.39 is 6.36 Å². The molecule has 0 saturated carbocycles. The summed E-state index contributed by atoms with van der Waals surface area (Å²) in [6, 6.07) is 0.550. The second-order valence-corrected chi connectivity index (χ2v) is 7.07. The summed E-state index contributed by atoms with van der Waals surface area (Å²) in [6.45, 7) is 12.3. The fraction of sp³-hybridized carbons (Fsp3) is 1.00. The lowest BCUT2D eigenvalue weighted by molar-refractivity contribution is -0.325. The molecule has 0 bridgehead atoms. The summed E-state index contributed by atoms with van der Waals surface area (Å²) in [5.74, 6) is 0.448. The number of halogens is 3. The van der Waals surface area contributed by atoms with E-state index in [-0.39, 0.29) is 24.1 Å². The van der Waals surface area contributed by atoms with Crippen molar-refractivity contribution in [1.82, 2.24) is 10.2 Å². The van der Waals surface area contributed by atoms with Crippen molar-refractivity contribution in [3.63, 3.8) is 0 Å². The maximum atomic E-state index is 12.1. The zero-order valence-electron chi connectivity index (χ0n) is 13.8. The van der Waals surface area contributed by atoms with Crippen LogP contribution in [0, 0.1) is 11.3 Å². The van der Waals surface area contributed by atoms with E-state index in [1.807, 2.05) is 0 Å². The molecule has 1 heterocycles. The first-order chi connectivity index (χ1) is 9.54. The Kier molecular flexibility index (Phi) is 6.50. The number of piperazine rings is 1. The zero-order chi connectivity index (χ0) is 16.3. The molecule has 3 unspecified atom stereocenters. The third kappa shape index (κ3) is 6.12. The van der Waals surface area contributed by atoms with Gasteiger partial charge in [-0.1, -0.05) is 41.0 Å². The molecule has 3 atom stereocenters. The molecule has 0 aromatic rings. The Morgan fingerprint density at radius 1 is 1.29 bits per heavy atom. The van der Waals surface area contributed by atoms with Gasteiger partial charge in [-0.25, -0.2) is 0 Å². The smallest absolute Gasteiger partial charge is 0.311 e. The van der Waals surface area contributed by atoms with Crippen molar-refractivity contribution in [3.8, 4) is 0 Å². The Labute approximate surface area is 126 Å². The van der Waals surface area contributed by atoms with E-state index in [9.17, 15) is 13.2 Å². The van der Waals surface area contributed by atoms with Gasteiger partial charge in [0.25, 0.3) is 0 Å². The molecule has 0 spiro atoms. The predicted octanol–water partition coefficient (Wildman–Crippen LogP) is 3.26. The van der Waals surface area contributed by atoms with Gasteiger partial charge in [0.2, 0.25) is 0 Å². The first-order valence-corrected chi connectivity index (χ1v) is 7.72. The van der Waals surface area contributed by atoms with E-state index in [1.54, 1.807) is 0 Å². The van der Waals surface area contributed by atoms with Crippen LogP contribution in [0.3, 0.4) is 0 Å². The molecule has 3 nitrogen and oxygen atoms in total. The Morgan fingerprint density at radius 2 is 1.90 bits per heavy atom. The SMILES string of the molecule is CCC(C)C1CNC(C(C)(C)C)CN1CCOC(F)(F)F. The molecular formula is C15H29F3N2O. The number of nitrogens with one attached hydrogen (secondary N) is 1. The topological polar surface area (TPSA) is 24.5 Å². The Morgan fingerprint density at radius 3 is 2.38 bits per heavy atom. The normalized spacial score (nSPS) is 26.9. The van der Waals surface area contributed by atoms with E-state index in [1.165, 1.54) is 0 Å². The van der Waals surface area contributed by atoms with Crippen LogP contribution in [-0.2, 0) is 4.74 Å². The van der Waals surface area contributed by atoms with Crippen LogP contribution in [0.4, 0.5) is 13.2 Å². The van der Waals surface area contributed by atoms with E-state index >= 15 is 0 Å². The molecule has 0 amide bonds. The molecule has 1 aliphatic heterocycles. The molecule has 1 N–H and O–H groups in total. The van der Waals surface area contributed by atoms with Crippen molar-refractivity contribution in [2.75, 3.05) is 26.2 Å². The number of rotatable bonds is 5. The van der Waals surface area contributed by atoms with Crippen LogP contribution in [0.1, 0.15) is 41.0 Å². The highest BCUT2D eigenvalue weighted by atomic mass is 19.4. The van der Waals surface area contributed by atoms with Gasteiger partial charge >= 0.3 is 6.36 Å². The van der Waals surface area contributed by atoms with Crippen LogP contribution in [0.15, 0.2) is 0 Å². The zero-order valence-corrected chi connectivity index (χ0v) is 13.8. The number of hydrogen-bond acceptors (Lipinski definition) is 3. The van der Waals surface area contributed by atoms with Crippen molar-refractivity contribution in [3.05, 3.63) is 0 Å². The van der Waals surface area contributed by atoms with E-state index in [0.717, 1.165) is 19.5 Å². The van der Waals surface area contributed by atoms with Crippen molar-refractivity contribution in [1.29, 1.82) is 0 Å². The van der Waals surface area contributed by atoms with E-state index in [4.69, 9.17) is 0 Å². The van der Waals surface area contributed by atoms with Crippen LogP contribution in [0.25, 0.3) is 0 Å². The number of alkyl halides is 3. The molecule has 6 heteroatoms. The maximum absolute atomic E-state index is 12.1. The molecule has 0 aromatic heterocycles. The minimum absolute atomic E-state index is 0.0869. The predicted molar refractivity (Wildman–Crippen MR) is 78.1 cm³/mol. The van der Waals surface area contributed by atoms with Gasteiger partial charge in [0.15, 0.2) is 0 Å². The van der Waals surface area contributed by atoms with Crippen LogP contribution in [0.2, 0.25) is 0 Å². The third-order valence-corrected chi connectivity index (χ3v) is 4.45. The van der Waals surface area contributed by atoms with E-state index in [2.05, 4.69) is 49.6 Å². The monoisotopic (exact) mass is 310 g/mol. The number of ether oxygens (including phenoxy) is 1. The molecule has 0 radical (unpaired) electrons. The lowest BCUT2D eigenvalue weighted by atomic mass is 9.83.